The van der Waals surface area contributed by atoms with Crippen LogP contribution >= 0.6 is 0 Å². The van der Waals surface area contributed by atoms with Crippen LogP contribution in [0.1, 0.15) is 44.8 Å². The Labute approximate surface area is 97.5 Å². The fraction of sp³-hybridized carbons (Fsp3) is 0.833. The van der Waals surface area contributed by atoms with Crippen molar-refractivity contribution in [2.45, 2.75) is 44.9 Å². The third kappa shape index (κ3) is 2.12. The molecule has 1 saturated heterocycles. The van der Waals surface area contributed by atoms with Crippen molar-refractivity contribution in [1.29, 1.82) is 0 Å². The van der Waals surface area contributed by atoms with E-state index in [1.165, 1.54) is 12.8 Å². The first-order valence-electron chi connectivity index (χ1n) is 6.27. The van der Waals surface area contributed by atoms with E-state index in [1.54, 1.807) is 0 Å². The molecule has 4 heteroatoms. The summed E-state index contributed by atoms with van der Waals surface area (Å²) >= 11 is 0. The van der Waals surface area contributed by atoms with E-state index in [4.69, 9.17) is 4.98 Å². The fourth-order valence-electron chi connectivity index (χ4n) is 2.54. The molecule has 1 N–H and O–H groups in total. The van der Waals surface area contributed by atoms with Crippen LogP contribution in [0.4, 0.5) is 0 Å². The molecule has 0 amide bonds. The topological polar surface area (TPSA) is 42.7 Å². The second kappa shape index (κ2) is 4.53. The first-order valence-corrected chi connectivity index (χ1v) is 6.27. The van der Waals surface area contributed by atoms with Gasteiger partial charge in [-0.25, -0.2) is 4.98 Å². The Hall–Kier alpha value is -0.900. The van der Waals surface area contributed by atoms with Crippen LogP contribution < -0.4 is 5.32 Å². The molecule has 0 aliphatic carbocycles. The molecule has 1 aliphatic rings. The minimum absolute atomic E-state index is 0.159. The second-order valence-electron chi connectivity index (χ2n) is 5.07. The zero-order chi connectivity index (χ0) is 11.6. The molecule has 1 aromatic heterocycles. The molecule has 1 aliphatic heterocycles. The summed E-state index contributed by atoms with van der Waals surface area (Å²) in [5.41, 5.74) is 0.159. The Morgan fingerprint density at radius 3 is 2.94 bits per heavy atom. The number of aryl methyl sites for hydroxylation is 2. The summed E-state index contributed by atoms with van der Waals surface area (Å²) in [6.07, 6.45) is 4.53. The number of nitrogens with zero attached hydrogens (tertiary/aromatic N) is 3. The van der Waals surface area contributed by atoms with Gasteiger partial charge in [0, 0.05) is 25.4 Å². The van der Waals surface area contributed by atoms with E-state index in [0.717, 1.165) is 37.6 Å². The van der Waals surface area contributed by atoms with Crippen LogP contribution in [0.3, 0.4) is 0 Å². The van der Waals surface area contributed by atoms with Gasteiger partial charge >= 0.3 is 0 Å². The number of nitrogens with one attached hydrogen (secondary N) is 1. The largest absolute Gasteiger partial charge is 0.316 e. The normalized spacial score (nSPS) is 25.9. The quantitative estimate of drug-likeness (QED) is 0.841. The molecule has 0 spiro atoms. The molecule has 2 rings (SSSR count). The van der Waals surface area contributed by atoms with Crippen LogP contribution in [-0.4, -0.2) is 27.9 Å². The van der Waals surface area contributed by atoms with E-state index >= 15 is 0 Å². The molecule has 90 valence electrons. The highest BCUT2D eigenvalue weighted by atomic mass is 15.3. The van der Waals surface area contributed by atoms with Gasteiger partial charge in [0.05, 0.1) is 0 Å². The number of hydrogen-bond donors (Lipinski definition) is 1. The molecule has 1 unspecified atom stereocenters. The lowest BCUT2D eigenvalue weighted by molar-refractivity contribution is 0.314. The van der Waals surface area contributed by atoms with Gasteiger partial charge in [0.25, 0.3) is 0 Å². The van der Waals surface area contributed by atoms with Gasteiger partial charge in [0.15, 0.2) is 5.82 Å². The maximum atomic E-state index is 4.71. The van der Waals surface area contributed by atoms with E-state index in [9.17, 15) is 0 Å². The van der Waals surface area contributed by atoms with Crippen LogP contribution in [0.25, 0.3) is 0 Å². The summed E-state index contributed by atoms with van der Waals surface area (Å²) in [5, 5.41) is 7.96. The lowest BCUT2D eigenvalue weighted by Gasteiger charge is -2.32. The average Bonchev–Trinajstić information content (AvgIpc) is 2.62. The maximum absolute atomic E-state index is 4.71. The molecule has 0 aromatic carbocycles. The van der Waals surface area contributed by atoms with E-state index in [-0.39, 0.29) is 5.41 Å². The summed E-state index contributed by atoms with van der Waals surface area (Å²) in [4.78, 5) is 4.71. The Bertz CT molecular complexity index is 350. The lowest BCUT2D eigenvalue weighted by Crippen LogP contribution is -2.42. The number of rotatable bonds is 3. The Morgan fingerprint density at radius 2 is 2.31 bits per heavy atom. The molecule has 0 radical (unpaired) electrons. The van der Waals surface area contributed by atoms with E-state index in [2.05, 4.69) is 24.3 Å². The zero-order valence-corrected chi connectivity index (χ0v) is 10.6. The number of aromatic nitrogens is 3. The van der Waals surface area contributed by atoms with Crippen molar-refractivity contribution in [1.82, 2.24) is 20.1 Å². The predicted octanol–water partition coefficient (Wildman–Crippen LogP) is 1.41. The summed E-state index contributed by atoms with van der Waals surface area (Å²) in [5.74, 6) is 2.13. The van der Waals surface area contributed by atoms with Crippen molar-refractivity contribution >= 4 is 0 Å². The van der Waals surface area contributed by atoms with Crippen molar-refractivity contribution < 1.29 is 0 Å². The van der Waals surface area contributed by atoms with Crippen LogP contribution in [0, 0.1) is 0 Å². The SMILES string of the molecule is CCCc1nc(C2(C)CCCNC2)n(C)n1. The van der Waals surface area contributed by atoms with Gasteiger partial charge in [0.2, 0.25) is 0 Å². The molecule has 2 heterocycles. The molecular formula is C12H22N4. The monoisotopic (exact) mass is 222 g/mol. The Morgan fingerprint density at radius 1 is 1.50 bits per heavy atom. The van der Waals surface area contributed by atoms with Crippen LogP contribution in [0.2, 0.25) is 0 Å². The number of piperidine rings is 1. The van der Waals surface area contributed by atoms with Crippen molar-refractivity contribution in [3.8, 4) is 0 Å². The van der Waals surface area contributed by atoms with Crippen LogP contribution in [-0.2, 0) is 18.9 Å². The summed E-state index contributed by atoms with van der Waals surface area (Å²) in [6, 6.07) is 0. The lowest BCUT2D eigenvalue weighted by atomic mass is 9.82. The van der Waals surface area contributed by atoms with Gasteiger partial charge in [-0.3, -0.25) is 4.68 Å². The van der Waals surface area contributed by atoms with E-state index in [0.29, 0.717) is 0 Å². The predicted molar refractivity (Wildman–Crippen MR) is 64.5 cm³/mol. The molecule has 1 fully saturated rings. The van der Waals surface area contributed by atoms with Crippen molar-refractivity contribution in [2.75, 3.05) is 13.1 Å². The van der Waals surface area contributed by atoms with Gasteiger partial charge in [-0.2, -0.15) is 5.10 Å². The van der Waals surface area contributed by atoms with Gasteiger partial charge in [-0.1, -0.05) is 13.8 Å². The van der Waals surface area contributed by atoms with Crippen molar-refractivity contribution in [3.63, 3.8) is 0 Å². The molecule has 4 nitrogen and oxygen atoms in total. The Balaban J connectivity index is 2.24. The molecule has 16 heavy (non-hydrogen) atoms. The van der Waals surface area contributed by atoms with E-state index < -0.39 is 0 Å². The molecule has 0 bridgehead atoms. The van der Waals surface area contributed by atoms with E-state index in [1.807, 2.05) is 11.7 Å². The highest BCUT2D eigenvalue weighted by Crippen LogP contribution is 2.28. The molecule has 0 saturated carbocycles. The summed E-state index contributed by atoms with van der Waals surface area (Å²) in [7, 11) is 2.02. The minimum Gasteiger partial charge on any atom is -0.316 e. The second-order valence-corrected chi connectivity index (χ2v) is 5.07. The van der Waals surface area contributed by atoms with Crippen molar-refractivity contribution in [3.05, 3.63) is 11.6 Å². The summed E-state index contributed by atoms with van der Waals surface area (Å²) in [6.45, 7) is 6.61. The smallest absolute Gasteiger partial charge is 0.150 e. The summed E-state index contributed by atoms with van der Waals surface area (Å²) < 4.78 is 1.97. The minimum atomic E-state index is 0.159. The highest BCUT2D eigenvalue weighted by Gasteiger charge is 2.33. The van der Waals surface area contributed by atoms with Gasteiger partial charge < -0.3 is 5.32 Å². The molecule has 1 atom stereocenters. The van der Waals surface area contributed by atoms with Crippen molar-refractivity contribution in [2.24, 2.45) is 7.05 Å². The molecular weight excluding hydrogens is 200 g/mol. The third-order valence-electron chi connectivity index (χ3n) is 3.42. The fourth-order valence-corrected chi connectivity index (χ4v) is 2.54. The van der Waals surface area contributed by atoms with Crippen LogP contribution in [0.15, 0.2) is 0 Å². The first-order chi connectivity index (χ1) is 7.65. The molecule has 1 aromatic rings. The first kappa shape index (κ1) is 11.6. The average molecular weight is 222 g/mol. The van der Waals surface area contributed by atoms with Gasteiger partial charge in [0.1, 0.15) is 5.82 Å². The van der Waals surface area contributed by atoms with Gasteiger partial charge in [-0.15, -0.1) is 0 Å². The van der Waals surface area contributed by atoms with Crippen LogP contribution in [0.5, 0.6) is 0 Å². The number of hydrogen-bond acceptors (Lipinski definition) is 3. The standard InChI is InChI=1S/C12H22N4/c1-4-6-10-14-11(16(3)15-10)12(2)7-5-8-13-9-12/h13H,4-9H2,1-3H3. The Kier molecular flexibility index (Phi) is 3.28. The van der Waals surface area contributed by atoms with Gasteiger partial charge in [-0.05, 0) is 25.8 Å². The maximum Gasteiger partial charge on any atom is 0.150 e. The zero-order valence-electron chi connectivity index (χ0n) is 10.6. The highest BCUT2D eigenvalue weighted by molar-refractivity contribution is 5.10. The third-order valence-corrected chi connectivity index (χ3v) is 3.42.